The van der Waals surface area contributed by atoms with E-state index >= 15 is 0 Å². The minimum atomic E-state index is -0.498. The zero-order valence-corrected chi connectivity index (χ0v) is 20.6. The molecule has 7 nitrogen and oxygen atoms in total. The predicted octanol–water partition coefficient (Wildman–Crippen LogP) is 5.74. The van der Waals surface area contributed by atoms with Gasteiger partial charge in [0.15, 0.2) is 6.61 Å². The Morgan fingerprint density at radius 1 is 1.11 bits per heavy atom. The standard InChI is InChI=1S/C26H20ClFN2O5S/c1-34-22-5-3-2-4-21(22)29-24(31)15-35-19-10-6-16(7-11-19)12-23-25(32)30(26(33)36-23)14-17-8-9-18(28)13-20(17)27/h2-13H,14-15H2,1H3,(H,29,31)/b23-12-. The number of nitrogens with zero attached hydrogens (tertiary/aromatic N) is 1. The number of imide groups is 1. The summed E-state index contributed by atoms with van der Waals surface area (Å²) in [7, 11) is 1.52. The lowest BCUT2D eigenvalue weighted by atomic mass is 10.2. The number of carbonyl (C=O) groups excluding carboxylic acids is 3. The van der Waals surface area contributed by atoms with Gasteiger partial charge >= 0.3 is 0 Å². The molecule has 0 aromatic heterocycles. The highest BCUT2D eigenvalue weighted by atomic mass is 35.5. The molecule has 3 amide bonds. The van der Waals surface area contributed by atoms with Gasteiger partial charge in [0.25, 0.3) is 17.1 Å². The Morgan fingerprint density at radius 2 is 1.86 bits per heavy atom. The summed E-state index contributed by atoms with van der Waals surface area (Å²) >= 11 is 6.84. The molecule has 10 heteroatoms. The molecule has 36 heavy (non-hydrogen) atoms. The van der Waals surface area contributed by atoms with Gasteiger partial charge in [-0.3, -0.25) is 19.3 Å². The molecule has 1 aliphatic heterocycles. The first-order valence-corrected chi connectivity index (χ1v) is 11.9. The van der Waals surface area contributed by atoms with E-state index < -0.39 is 17.0 Å². The smallest absolute Gasteiger partial charge is 0.293 e. The number of rotatable bonds is 8. The van der Waals surface area contributed by atoms with Crippen molar-refractivity contribution in [3.8, 4) is 11.5 Å². The molecule has 3 aromatic rings. The van der Waals surface area contributed by atoms with Crippen molar-refractivity contribution < 1.29 is 28.2 Å². The number of hydrogen-bond acceptors (Lipinski definition) is 6. The van der Waals surface area contributed by atoms with Crippen molar-refractivity contribution in [2.75, 3.05) is 19.0 Å². The molecule has 1 N–H and O–H groups in total. The van der Waals surface area contributed by atoms with E-state index in [1.807, 2.05) is 0 Å². The number of carbonyl (C=O) groups is 3. The molecule has 1 fully saturated rings. The monoisotopic (exact) mass is 526 g/mol. The van der Waals surface area contributed by atoms with Gasteiger partial charge in [0, 0.05) is 5.02 Å². The first kappa shape index (κ1) is 25.3. The molecule has 0 unspecified atom stereocenters. The molecule has 1 saturated heterocycles. The van der Waals surface area contributed by atoms with Gasteiger partial charge in [-0.25, -0.2) is 4.39 Å². The van der Waals surface area contributed by atoms with Crippen LogP contribution in [-0.2, 0) is 16.1 Å². The fraction of sp³-hybridized carbons (Fsp3) is 0.115. The van der Waals surface area contributed by atoms with E-state index in [0.29, 0.717) is 28.3 Å². The molecule has 3 aromatic carbocycles. The number of ether oxygens (including phenoxy) is 2. The summed E-state index contributed by atoms with van der Waals surface area (Å²) in [6, 6.07) is 17.6. The highest BCUT2D eigenvalue weighted by molar-refractivity contribution is 8.18. The van der Waals surface area contributed by atoms with Crippen LogP contribution in [0.5, 0.6) is 11.5 Å². The predicted molar refractivity (Wildman–Crippen MR) is 136 cm³/mol. The average molecular weight is 527 g/mol. The van der Waals surface area contributed by atoms with Gasteiger partial charge in [-0.2, -0.15) is 0 Å². The Morgan fingerprint density at radius 3 is 2.58 bits per heavy atom. The van der Waals surface area contributed by atoms with E-state index in [4.69, 9.17) is 21.1 Å². The number of halogens is 2. The lowest BCUT2D eigenvalue weighted by molar-refractivity contribution is -0.123. The average Bonchev–Trinajstić information content (AvgIpc) is 3.12. The van der Waals surface area contributed by atoms with Crippen LogP contribution in [0.25, 0.3) is 6.08 Å². The van der Waals surface area contributed by atoms with Crippen LogP contribution in [0.1, 0.15) is 11.1 Å². The molecule has 0 bridgehead atoms. The van der Waals surface area contributed by atoms with Gasteiger partial charge in [0.2, 0.25) is 0 Å². The summed E-state index contributed by atoms with van der Waals surface area (Å²) in [5.41, 5.74) is 1.68. The van der Waals surface area contributed by atoms with Crippen molar-refractivity contribution in [3.63, 3.8) is 0 Å². The van der Waals surface area contributed by atoms with E-state index in [-0.39, 0.29) is 29.0 Å². The van der Waals surface area contributed by atoms with Crippen molar-refractivity contribution in [3.05, 3.63) is 93.6 Å². The molecule has 184 valence electrons. The quantitative estimate of drug-likeness (QED) is 0.377. The summed E-state index contributed by atoms with van der Waals surface area (Å²) in [5, 5.41) is 2.43. The summed E-state index contributed by atoms with van der Waals surface area (Å²) in [6.45, 7) is -0.257. The van der Waals surface area contributed by atoms with Crippen LogP contribution >= 0.6 is 23.4 Å². The lowest BCUT2D eigenvalue weighted by Crippen LogP contribution is -2.27. The van der Waals surface area contributed by atoms with Crippen LogP contribution in [0, 0.1) is 5.82 Å². The van der Waals surface area contributed by atoms with Gasteiger partial charge in [-0.05, 0) is 65.4 Å². The minimum Gasteiger partial charge on any atom is -0.495 e. The molecule has 0 saturated carbocycles. The van der Waals surface area contributed by atoms with E-state index in [1.54, 1.807) is 54.6 Å². The number of thioether (sulfide) groups is 1. The highest BCUT2D eigenvalue weighted by Crippen LogP contribution is 2.34. The van der Waals surface area contributed by atoms with E-state index in [0.717, 1.165) is 22.7 Å². The summed E-state index contributed by atoms with van der Waals surface area (Å²) < 4.78 is 24.0. The molecule has 0 aliphatic carbocycles. The molecule has 0 radical (unpaired) electrons. The maximum atomic E-state index is 13.3. The van der Waals surface area contributed by atoms with Crippen LogP contribution in [-0.4, -0.2) is 35.7 Å². The van der Waals surface area contributed by atoms with Crippen molar-refractivity contribution in [1.29, 1.82) is 0 Å². The third-order valence-corrected chi connectivity index (χ3v) is 6.41. The van der Waals surface area contributed by atoms with Gasteiger partial charge in [-0.1, -0.05) is 41.9 Å². The van der Waals surface area contributed by atoms with Crippen LogP contribution in [0.2, 0.25) is 5.02 Å². The number of benzene rings is 3. The Bertz CT molecular complexity index is 1350. The molecule has 1 heterocycles. The second-order valence-corrected chi connectivity index (χ2v) is 9.01. The van der Waals surface area contributed by atoms with Crippen LogP contribution in [0.4, 0.5) is 14.9 Å². The third-order valence-electron chi connectivity index (χ3n) is 5.15. The number of para-hydroxylation sites is 2. The zero-order valence-electron chi connectivity index (χ0n) is 19.0. The fourth-order valence-corrected chi connectivity index (χ4v) is 4.42. The summed E-state index contributed by atoms with van der Waals surface area (Å²) in [6.07, 6.45) is 1.59. The normalized spacial score (nSPS) is 14.3. The Kier molecular flexibility index (Phi) is 7.92. The van der Waals surface area contributed by atoms with Crippen molar-refractivity contribution in [1.82, 2.24) is 4.90 Å². The Labute approximate surface area is 215 Å². The van der Waals surface area contributed by atoms with Gasteiger partial charge < -0.3 is 14.8 Å². The Balaban J connectivity index is 1.35. The number of hydrogen-bond donors (Lipinski definition) is 1. The van der Waals surface area contributed by atoms with Crippen molar-refractivity contribution >= 4 is 52.2 Å². The van der Waals surface area contributed by atoms with Crippen LogP contribution < -0.4 is 14.8 Å². The number of anilines is 1. The minimum absolute atomic E-state index is 0.0508. The maximum absolute atomic E-state index is 13.3. The molecular formula is C26H20ClFN2O5S. The van der Waals surface area contributed by atoms with Gasteiger partial charge in [0.05, 0.1) is 24.2 Å². The number of methoxy groups -OCH3 is 1. The topological polar surface area (TPSA) is 84.9 Å². The zero-order chi connectivity index (χ0) is 25.7. The second-order valence-electron chi connectivity index (χ2n) is 7.61. The summed E-state index contributed by atoms with van der Waals surface area (Å²) in [5.74, 6) is -0.304. The van der Waals surface area contributed by atoms with Crippen molar-refractivity contribution in [2.45, 2.75) is 6.54 Å². The number of amides is 3. The molecule has 4 rings (SSSR count). The highest BCUT2D eigenvalue weighted by Gasteiger charge is 2.35. The van der Waals surface area contributed by atoms with E-state index in [2.05, 4.69) is 5.32 Å². The number of nitrogens with one attached hydrogen (secondary N) is 1. The molecular weight excluding hydrogens is 507 g/mol. The maximum Gasteiger partial charge on any atom is 0.293 e. The van der Waals surface area contributed by atoms with Gasteiger partial charge in [-0.15, -0.1) is 0 Å². The van der Waals surface area contributed by atoms with Crippen LogP contribution in [0.3, 0.4) is 0 Å². The first-order valence-electron chi connectivity index (χ1n) is 10.7. The second kappa shape index (κ2) is 11.3. The molecule has 1 aliphatic rings. The molecule has 0 spiro atoms. The summed E-state index contributed by atoms with van der Waals surface area (Å²) in [4.78, 5) is 38.7. The van der Waals surface area contributed by atoms with Crippen LogP contribution in [0.15, 0.2) is 71.6 Å². The van der Waals surface area contributed by atoms with E-state index in [9.17, 15) is 18.8 Å². The first-order chi connectivity index (χ1) is 17.3. The lowest BCUT2D eigenvalue weighted by Gasteiger charge is -2.13. The molecule has 0 atom stereocenters. The fourth-order valence-electron chi connectivity index (χ4n) is 3.35. The van der Waals surface area contributed by atoms with Crippen molar-refractivity contribution in [2.24, 2.45) is 0 Å². The Hall–Kier alpha value is -3.82. The SMILES string of the molecule is COc1ccccc1NC(=O)COc1ccc(/C=C2\SC(=O)N(Cc3ccc(F)cc3Cl)C2=O)cc1. The third kappa shape index (κ3) is 6.05. The largest absolute Gasteiger partial charge is 0.495 e. The van der Waals surface area contributed by atoms with Gasteiger partial charge in [0.1, 0.15) is 17.3 Å². The van der Waals surface area contributed by atoms with E-state index in [1.165, 1.54) is 19.2 Å².